The number of benzene rings is 1. The van der Waals surface area contributed by atoms with E-state index in [2.05, 4.69) is 6.07 Å². The average Bonchev–Trinajstić information content (AvgIpc) is 1.94. The zero-order chi connectivity index (χ0) is 8.43. The fraction of sp³-hybridized carbons (Fsp3) is 0.250. The van der Waals surface area contributed by atoms with Crippen molar-refractivity contribution in [1.82, 2.24) is 0 Å². The minimum Gasteiger partial charge on any atom is -0.424 e. The van der Waals surface area contributed by atoms with Crippen molar-refractivity contribution in [2.75, 3.05) is 0 Å². The zero-order valence-corrected chi connectivity index (χ0v) is 12.5. The second kappa shape index (κ2) is 5.68. The first-order chi connectivity index (χ1) is 5.13. The van der Waals surface area contributed by atoms with Crippen LogP contribution in [0.4, 0.5) is 0 Å². The Balaban J connectivity index is 0.00000121. The number of hydrogen-bond acceptors (Lipinski definition) is 2. The molecule has 0 fully saturated rings. The van der Waals surface area contributed by atoms with Gasteiger partial charge in [0.25, 0.3) is 0 Å². The van der Waals surface area contributed by atoms with E-state index in [1.165, 1.54) is 0 Å². The molecule has 0 atom stereocenters. The first kappa shape index (κ1) is 13.0. The van der Waals surface area contributed by atoms with Gasteiger partial charge in [-0.05, 0) is 0 Å². The van der Waals surface area contributed by atoms with Crippen LogP contribution < -0.4 is 63.7 Å². The van der Waals surface area contributed by atoms with Gasteiger partial charge in [-0.25, -0.2) is 0 Å². The van der Waals surface area contributed by atoms with E-state index in [1.807, 2.05) is 13.8 Å². The van der Waals surface area contributed by atoms with Crippen LogP contribution in [0.1, 0.15) is 11.1 Å². The summed E-state index contributed by atoms with van der Waals surface area (Å²) in [6.45, 7) is 3.74. The summed E-state index contributed by atoms with van der Waals surface area (Å²) in [6.07, 6.45) is 0. The molecule has 0 bridgehead atoms. The predicted octanol–water partition coefficient (Wildman–Crippen LogP) is -3.21. The van der Waals surface area contributed by atoms with Crippen LogP contribution in [0, 0.1) is 19.9 Å². The first-order valence-electron chi connectivity index (χ1n) is 3.47. The first-order valence-corrected chi connectivity index (χ1v) is 3.47. The van der Waals surface area contributed by atoms with Crippen LogP contribution in [-0.4, -0.2) is 17.2 Å². The fourth-order valence-corrected chi connectivity index (χ4v) is 0.986. The van der Waals surface area contributed by atoms with Gasteiger partial charge in [0.05, 0.1) is 0 Å². The molecular formula is C8H10BO2Rb. The third-order valence-electron chi connectivity index (χ3n) is 1.84. The van der Waals surface area contributed by atoms with Crippen LogP contribution >= 0.6 is 0 Å². The fourth-order valence-electron chi connectivity index (χ4n) is 0.986. The number of aryl methyl sites for hydroxylation is 1. The van der Waals surface area contributed by atoms with Crippen LogP contribution in [0.2, 0.25) is 0 Å². The molecule has 1 rings (SSSR count). The standard InChI is InChI=1S/C8H10BO2.Rb/c1-6-4-3-5-8(7(6)2)9(10)11;/h3,5,10-11H,1-2H3;/q-1;+1. The van der Waals surface area contributed by atoms with Crippen LogP contribution in [0.5, 0.6) is 0 Å². The number of rotatable bonds is 1. The van der Waals surface area contributed by atoms with E-state index < -0.39 is 7.12 Å². The Labute approximate surface area is 122 Å². The van der Waals surface area contributed by atoms with Crippen molar-refractivity contribution in [3.05, 3.63) is 29.3 Å². The van der Waals surface area contributed by atoms with Crippen LogP contribution in [-0.2, 0) is 0 Å². The van der Waals surface area contributed by atoms with E-state index in [-0.39, 0.29) is 58.2 Å². The van der Waals surface area contributed by atoms with Gasteiger partial charge in [-0.3, -0.25) is 0 Å². The molecule has 0 heterocycles. The average molecular weight is 234 g/mol. The van der Waals surface area contributed by atoms with E-state index >= 15 is 0 Å². The van der Waals surface area contributed by atoms with E-state index in [0.717, 1.165) is 11.1 Å². The summed E-state index contributed by atoms with van der Waals surface area (Å²) in [7, 11) is -1.37. The van der Waals surface area contributed by atoms with Crippen molar-refractivity contribution < 1.29 is 68.2 Å². The minimum absolute atomic E-state index is 0. The molecule has 0 aromatic heterocycles. The van der Waals surface area contributed by atoms with Crippen molar-refractivity contribution >= 4 is 12.6 Å². The normalized spacial score (nSPS) is 9.00. The van der Waals surface area contributed by atoms with Gasteiger partial charge in [-0.2, -0.15) is 29.3 Å². The largest absolute Gasteiger partial charge is 1.00 e. The van der Waals surface area contributed by atoms with Gasteiger partial charge in [0.15, 0.2) is 0 Å². The molecule has 0 amide bonds. The van der Waals surface area contributed by atoms with Gasteiger partial charge >= 0.3 is 65.3 Å². The molecule has 0 aliphatic carbocycles. The smallest absolute Gasteiger partial charge is 0.424 e. The Kier molecular flexibility index (Phi) is 6.16. The van der Waals surface area contributed by atoms with Crippen LogP contribution in [0.25, 0.3) is 0 Å². The third kappa shape index (κ3) is 3.05. The van der Waals surface area contributed by atoms with Crippen molar-refractivity contribution in [3.63, 3.8) is 0 Å². The van der Waals surface area contributed by atoms with Crippen molar-refractivity contribution in [2.24, 2.45) is 0 Å². The second-order valence-electron chi connectivity index (χ2n) is 2.56. The topological polar surface area (TPSA) is 40.5 Å². The minimum atomic E-state index is -1.37. The molecule has 1 aromatic rings. The van der Waals surface area contributed by atoms with E-state index in [9.17, 15) is 0 Å². The van der Waals surface area contributed by atoms with Gasteiger partial charge < -0.3 is 10.0 Å². The number of hydrogen-bond donors (Lipinski definition) is 2. The Morgan fingerprint density at radius 1 is 1.33 bits per heavy atom. The third-order valence-corrected chi connectivity index (χ3v) is 1.84. The van der Waals surface area contributed by atoms with Crippen molar-refractivity contribution in [2.45, 2.75) is 13.8 Å². The molecule has 0 spiro atoms. The molecule has 0 aliphatic rings. The Morgan fingerprint density at radius 3 is 2.33 bits per heavy atom. The zero-order valence-electron chi connectivity index (χ0n) is 7.63. The summed E-state index contributed by atoms with van der Waals surface area (Å²) in [5.41, 5.74) is 2.40. The molecule has 0 saturated heterocycles. The quantitative estimate of drug-likeness (QED) is 0.397. The van der Waals surface area contributed by atoms with Crippen LogP contribution in [0.15, 0.2) is 12.1 Å². The monoisotopic (exact) mass is 234 g/mol. The molecule has 0 unspecified atom stereocenters. The predicted molar refractivity (Wildman–Crippen MR) is 44.6 cm³/mol. The molecule has 2 N–H and O–H groups in total. The molecule has 0 radical (unpaired) electrons. The Morgan fingerprint density at radius 2 is 1.92 bits per heavy atom. The molecule has 0 saturated carbocycles. The summed E-state index contributed by atoms with van der Waals surface area (Å²) in [6, 6.07) is 6.32. The SMILES string of the molecule is Cc1[c-]ccc(B(O)O)c1C.[Rb+]. The molecule has 12 heavy (non-hydrogen) atoms. The van der Waals surface area contributed by atoms with E-state index in [4.69, 9.17) is 10.0 Å². The van der Waals surface area contributed by atoms with E-state index in [0.29, 0.717) is 5.46 Å². The van der Waals surface area contributed by atoms with Crippen molar-refractivity contribution in [1.29, 1.82) is 0 Å². The molecular weight excluding hydrogens is 224 g/mol. The molecule has 2 nitrogen and oxygen atoms in total. The molecule has 1 aromatic carbocycles. The maximum Gasteiger partial charge on any atom is 1.00 e. The van der Waals surface area contributed by atoms with Gasteiger partial charge in [0.1, 0.15) is 0 Å². The van der Waals surface area contributed by atoms with E-state index in [1.54, 1.807) is 12.1 Å². The molecule has 0 aliphatic heterocycles. The summed E-state index contributed by atoms with van der Waals surface area (Å²) < 4.78 is 0. The van der Waals surface area contributed by atoms with Crippen LogP contribution in [0.3, 0.4) is 0 Å². The summed E-state index contributed by atoms with van der Waals surface area (Å²) in [5, 5.41) is 17.7. The Bertz CT molecular complexity index is 263. The van der Waals surface area contributed by atoms with Crippen molar-refractivity contribution in [3.8, 4) is 0 Å². The Hall–Kier alpha value is 1.01. The summed E-state index contributed by atoms with van der Waals surface area (Å²) in [5.74, 6) is 0. The van der Waals surface area contributed by atoms with Gasteiger partial charge in [-0.15, -0.1) is 5.46 Å². The summed E-state index contributed by atoms with van der Waals surface area (Å²) >= 11 is 0. The summed E-state index contributed by atoms with van der Waals surface area (Å²) in [4.78, 5) is 0. The second-order valence-corrected chi connectivity index (χ2v) is 2.56. The van der Waals surface area contributed by atoms with Gasteiger partial charge in [0, 0.05) is 0 Å². The maximum absolute atomic E-state index is 8.87. The maximum atomic E-state index is 8.87. The van der Waals surface area contributed by atoms with Gasteiger partial charge in [-0.1, -0.05) is 13.8 Å². The molecule has 4 heteroatoms. The molecule has 58 valence electrons. The van der Waals surface area contributed by atoms with Gasteiger partial charge in [0.2, 0.25) is 0 Å².